The van der Waals surface area contributed by atoms with Crippen molar-refractivity contribution in [3.8, 4) is 11.3 Å². The Morgan fingerprint density at radius 3 is 2.54 bits per heavy atom. The van der Waals surface area contributed by atoms with E-state index >= 15 is 0 Å². The van der Waals surface area contributed by atoms with E-state index in [0.29, 0.717) is 16.8 Å². The van der Waals surface area contributed by atoms with E-state index in [-0.39, 0.29) is 11.7 Å². The molecule has 2 heterocycles. The van der Waals surface area contributed by atoms with Crippen LogP contribution in [0.25, 0.3) is 16.9 Å². The third-order valence-electron chi connectivity index (χ3n) is 4.96. The van der Waals surface area contributed by atoms with E-state index in [1.165, 1.54) is 17.2 Å². The van der Waals surface area contributed by atoms with Crippen molar-refractivity contribution in [3.05, 3.63) is 90.0 Å². The molecule has 1 atom stereocenters. The number of hydrogen-bond donors (Lipinski definition) is 0. The zero-order valence-electron chi connectivity index (χ0n) is 15.6. The van der Waals surface area contributed by atoms with Crippen LogP contribution in [0.5, 0.6) is 0 Å². The predicted molar refractivity (Wildman–Crippen MR) is 105 cm³/mol. The van der Waals surface area contributed by atoms with Gasteiger partial charge in [0.2, 0.25) is 0 Å². The fraction of sp³-hybridized carbons (Fsp3) is 0.136. The summed E-state index contributed by atoms with van der Waals surface area (Å²) in [5, 5.41) is 4.38. The van der Waals surface area contributed by atoms with Gasteiger partial charge in [0, 0.05) is 24.4 Å². The number of fused-ring (bicyclic) bond motifs is 1. The fourth-order valence-corrected chi connectivity index (χ4v) is 3.26. The molecule has 6 heteroatoms. The molecule has 28 heavy (non-hydrogen) atoms. The molecule has 0 aliphatic carbocycles. The third kappa shape index (κ3) is 3.03. The summed E-state index contributed by atoms with van der Waals surface area (Å²) in [4.78, 5) is 19.0. The summed E-state index contributed by atoms with van der Waals surface area (Å²) >= 11 is 0. The van der Waals surface area contributed by atoms with Crippen molar-refractivity contribution in [1.82, 2.24) is 19.5 Å². The molecule has 0 aliphatic heterocycles. The van der Waals surface area contributed by atoms with Crippen LogP contribution in [0.1, 0.15) is 28.9 Å². The van der Waals surface area contributed by atoms with Gasteiger partial charge in [0.15, 0.2) is 5.65 Å². The number of carbonyl (C=O) groups is 1. The highest BCUT2D eigenvalue weighted by molar-refractivity contribution is 6.00. The van der Waals surface area contributed by atoms with Crippen LogP contribution in [0.15, 0.2) is 73.1 Å². The van der Waals surface area contributed by atoms with E-state index in [0.717, 1.165) is 11.3 Å². The fourth-order valence-electron chi connectivity index (χ4n) is 3.26. The second-order valence-corrected chi connectivity index (χ2v) is 6.60. The molecule has 1 amide bonds. The van der Waals surface area contributed by atoms with Gasteiger partial charge in [0.05, 0.1) is 17.9 Å². The van der Waals surface area contributed by atoms with Crippen molar-refractivity contribution >= 4 is 11.6 Å². The van der Waals surface area contributed by atoms with Crippen molar-refractivity contribution < 1.29 is 9.18 Å². The number of halogens is 1. The highest BCUT2D eigenvalue weighted by Crippen LogP contribution is 2.25. The van der Waals surface area contributed by atoms with Gasteiger partial charge in [-0.15, -0.1) is 0 Å². The Kier molecular flexibility index (Phi) is 4.61. The van der Waals surface area contributed by atoms with Gasteiger partial charge in [0.1, 0.15) is 11.4 Å². The Morgan fingerprint density at radius 1 is 1.07 bits per heavy atom. The molecule has 4 aromatic rings. The number of amides is 1. The van der Waals surface area contributed by atoms with E-state index in [9.17, 15) is 9.18 Å². The molecular weight excluding hydrogens is 355 g/mol. The smallest absolute Gasteiger partial charge is 0.259 e. The Bertz CT molecular complexity index is 1140. The highest BCUT2D eigenvalue weighted by Gasteiger charge is 2.24. The molecular formula is C22H19FN4O. The first kappa shape index (κ1) is 17.9. The number of carbonyl (C=O) groups excluding carboxylic acids is 1. The minimum Gasteiger partial charge on any atom is -0.335 e. The summed E-state index contributed by atoms with van der Waals surface area (Å²) in [6, 6.07) is 17.7. The van der Waals surface area contributed by atoms with Gasteiger partial charge in [-0.2, -0.15) is 5.10 Å². The maximum Gasteiger partial charge on any atom is 0.259 e. The number of hydrogen-bond acceptors (Lipinski definition) is 3. The molecule has 0 fully saturated rings. The average molecular weight is 374 g/mol. The normalized spacial score (nSPS) is 12.1. The van der Waals surface area contributed by atoms with E-state index in [1.807, 2.05) is 36.4 Å². The van der Waals surface area contributed by atoms with Crippen LogP contribution in [0, 0.1) is 5.82 Å². The summed E-state index contributed by atoms with van der Waals surface area (Å²) in [5.74, 6) is -0.595. The molecule has 0 aliphatic rings. The van der Waals surface area contributed by atoms with E-state index in [4.69, 9.17) is 0 Å². The Morgan fingerprint density at radius 2 is 1.79 bits per heavy atom. The maximum absolute atomic E-state index is 14.1. The summed E-state index contributed by atoms with van der Waals surface area (Å²) in [6.45, 7) is 1.80. The van der Waals surface area contributed by atoms with Crippen LogP contribution in [-0.2, 0) is 0 Å². The molecule has 4 rings (SSSR count). The van der Waals surface area contributed by atoms with Crippen molar-refractivity contribution in [1.29, 1.82) is 0 Å². The molecule has 0 spiro atoms. The van der Waals surface area contributed by atoms with Gasteiger partial charge < -0.3 is 4.90 Å². The summed E-state index contributed by atoms with van der Waals surface area (Å²) in [7, 11) is 1.66. The molecule has 1 unspecified atom stereocenters. The van der Waals surface area contributed by atoms with Crippen LogP contribution in [-0.4, -0.2) is 32.5 Å². The quantitative estimate of drug-likeness (QED) is 0.533. The Hall–Kier alpha value is -3.54. The first-order valence-electron chi connectivity index (χ1n) is 8.97. The first-order chi connectivity index (χ1) is 13.6. The van der Waals surface area contributed by atoms with Crippen LogP contribution < -0.4 is 0 Å². The van der Waals surface area contributed by atoms with Gasteiger partial charge in [-0.1, -0.05) is 48.5 Å². The average Bonchev–Trinajstić information content (AvgIpc) is 3.17. The lowest BCUT2D eigenvalue weighted by atomic mass is 10.1. The molecule has 0 N–H and O–H groups in total. The maximum atomic E-state index is 14.1. The van der Waals surface area contributed by atoms with Crippen LogP contribution >= 0.6 is 0 Å². The third-order valence-corrected chi connectivity index (χ3v) is 4.96. The van der Waals surface area contributed by atoms with E-state index < -0.39 is 6.04 Å². The van der Waals surface area contributed by atoms with Crippen molar-refractivity contribution in [2.24, 2.45) is 0 Å². The lowest BCUT2D eigenvalue weighted by Crippen LogP contribution is -2.30. The monoisotopic (exact) mass is 374 g/mol. The van der Waals surface area contributed by atoms with Gasteiger partial charge >= 0.3 is 0 Å². The standard InChI is InChI=1S/C22H19FN4O/c1-15(17-10-6-7-11-19(17)23)26(2)22(28)18-14-25-27-20(12-13-24-21(18)27)16-8-4-3-5-9-16/h3-15H,1-2H3. The van der Waals surface area contributed by atoms with Crippen LogP contribution in [0.3, 0.4) is 0 Å². The minimum absolute atomic E-state index is 0.261. The molecule has 0 radical (unpaired) electrons. The molecule has 2 aromatic carbocycles. The van der Waals surface area contributed by atoms with Gasteiger partial charge in [-0.3, -0.25) is 4.79 Å². The van der Waals surface area contributed by atoms with Gasteiger partial charge in [-0.25, -0.2) is 13.9 Å². The zero-order valence-corrected chi connectivity index (χ0v) is 15.6. The van der Waals surface area contributed by atoms with Crippen molar-refractivity contribution in [2.45, 2.75) is 13.0 Å². The SMILES string of the molecule is CC(c1ccccc1F)N(C)C(=O)c1cnn2c(-c3ccccc3)ccnc12. The lowest BCUT2D eigenvalue weighted by molar-refractivity contribution is 0.0742. The van der Waals surface area contributed by atoms with E-state index in [2.05, 4.69) is 10.1 Å². The summed E-state index contributed by atoms with van der Waals surface area (Å²) in [5.41, 5.74) is 3.13. The Balaban J connectivity index is 1.72. The molecule has 0 bridgehead atoms. The Labute approximate surface area is 162 Å². The number of nitrogens with zero attached hydrogens (tertiary/aromatic N) is 4. The van der Waals surface area contributed by atoms with Crippen LogP contribution in [0.4, 0.5) is 4.39 Å². The molecule has 140 valence electrons. The van der Waals surface area contributed by atoms with Gasteiger partial charge in [0.25, 0.3) is 5.91 Å². The predicted octanol–water partition coefficient (Wildman–Crippen LogP) is 4.37. The van der Waals surface area contributed by atoms with E-state index in [1.54, 1.807) is 42.9 Å². The number of benzene rings is 2. The second kappa shape index (κ2) is 7.23. The highest BCUT2D eigenvalue weighted by atomic mass is 19.1. The minimum atomic E-state index is -0.430. The van der Waals surface area contributed by atoms with Crippen molar-refractivity contribution in [3.63, 3.8) is 0 Å². The van der Waals surface area contributed by atoms with Gasteiger partial charge in [-0.05, 0) is 19.1 Å². The number of rotatable bonds is 4. The largest absolute Gasteiger partial charge is 0.335 e. The first-order valence-corrected chi connectivity index (χ1v) is 8.97. The summed E-state index contributed by atoms with van der Waals surface area (Å²) < 4.78 is 15.8. The number of aromatic nitrogens is 3. The zero-order chi connectivity index (χ0) is 19.7. The molecule has 0 saturated carbocycles. The summed E-state index contributed by atoms with van der Waals surface area (Å²) in [6.07, 6.45) is 3.18. The molecule has 2 aromatic heterocycles. The lowest BCUT2D eigenvalue weighted by Gasteiger charge is -2.25. The van der Waals surface area contributed by atoms with Crippen LogP contribution in [0.2, 0.25) is 0 Å². The van der Waals surface area contributed by atoms with Crippen molar-refractivity contribution in [2.75, 3.05) is 7.05 Å². The topological polar surface area (TPSA) is 50.5 Å². The molecule has 5 nitrogen and oxygen atoms in total. The second-order valence-electron chi connectivity index (χ2n) is 6.60. The molecule has 0 saturated heterocycles.